The molecule has 0 aliphatic carbocycles. The number of hydrogen-bond acceptors (Lipinski definition) is 6. The summed E-state index contributed by atoms with van der Waals surface area (Å²) in [5.74, 6) is 0.618. The number of hydrogen-bond donors (Lipinski definition) is 1. The molecule has 1 atom stereocenters. The van der Waals surface area contributed by atoms with Crippen molar-refractivity contribution >= 4 is 10.9 Å². The monoisotopic (exact) mass is 507 g/mol. The van der Waals surface area contributed by atoms with Crippen molar-refractivity contribution in [2.45, 2.75) is 59.3 Å². The van der Waals surface area contributed by atoms with Crippen LogP contribution in [0.4, 0.5) is 0 Å². The molecule has 0 spiro atoms. The molecule has 0 bridgehead atoms. The van der Waals surface area contributed by atoms with E-state index in [1.807, 2.05) is 60.3 Å². The van der Waals surface area contributed by atoms with Crippen molar-refractivity contribution in [1.29, 1.82) is 0 Å². The maximum Gasteiger partial charge on any atom is 0.253 e. The molecule has 8 nitrogen and oxygen atoms in total. The van der Waals surface area contributed by atoms with Crippen molar-refractivity contribution < 1.29 is 0 Å². The average molecular weight is 508 g/mol. The lowest BCUT2D eigenvalue weighted by molar-refractivity contribution is 0.184. The van der Waals surface area contributed by atoms with Gasteiger partial charge in [0.25, 0.3) is 5.56 Å². The maximum absolute atomic E-state index is 13.8. The standard InChI is InChI=1S/C30H33N7O/c1-20-13-14-21(2)26-24(20)16-25(29(38)32-26)27(28-33-34-35-37(28)30(3,4)5)36(18-22-10-7-6-8-11-22)19-23-12-9-15-31-17-23/h6-17,27H,18-19H2,1-5H3,(H,32,38). The van der Waals surface area contributed by atoms with Gasteiger partial charge in [0.2, 0.25) is 0 Å². The summed E-state index contributed by atoms with van der Waals surface area (Å²) in [5.41, 5.74) is 5.21. The van der Waals surface area contributed by atoms with Crippen molar-refractivity contribution in [3.63, 3.8) is 0 Å². The van der Waals surface area contributed by atoms with Gasteiger partial charge in [-0.2, -0.15) is 0 Å². The largest absolute Gasteiger partial charge is 0.321 e. The van der Waals surface area contributed by atoms with Crippen molar-refractivity contribution in [1.82, 2.24) is 35.1 Å². The summed E-state index contributed by atoms with van der Waals surface area (Å²) >= 11 is 0. The second-order valence-corrected chi connectivity index (χ2v) is 10.8. The Morgan fingerprint density at radius 2 is 1.66 bits per heavy atom. The Labute approximate surface area is 222 Å². The summed E-state index contributed by atoms with van der Waals surface area (Å²) in [6, 6.07) is 19.9. The van der Waals surface area contributed by atoms with E-state index >= 15 is 0 Å². The number of fused-ring (bicyclic) bond motifs is 1. The van der Waals surface area contributed by atoms with E-state index in [1.165, 1.54) is 0 Å². The molecule has 0 fully saturated rings. The molecule has 0 saturated heterocycles. The number of nitrogens with one attached hydrogen (secondary N) is 1. The van der Waals surface area contributed by atoms with Crippen LogP contribution in [0, 0.1) is 13.8 Å². The quantitative estimate of drug-likeness (QED) is 0.331. The number of aromatic amines is 1. The molecular formula is C30H33N7O. The Morgan fingerprint density at radius 3 is 2.37 bits per heavy atom. The molecule has 0 aliphatic rings. The van der Waals surface area contributed by atoms with Gasteiger partial charge in [-0.15, -0.1) is 5.10 Å². The van der Waals surface area contributed by atoms with Gasteiger partial charge in [-0.3, -0.25) is 14.7 Å². The molecule has 0 radical (unpaired) electrons. The number of nitrogens with zero attached hydrogens (tertiary/aromatic N) is 6. The summed E-state index contributed by atoms with van der Waals surface area (Å²) in [6.07, 6.45) is 3.63. The molecule has 1 N–H and O–H groups in total. The van der Waals surface area contributed by atoms with Crippen molar-refractivity contribution in [2.75, 3.05) is 0 Å². The van der Waals surface area contributed by atoms with Crippen LogP contribution in [0.3, 0.4) is 0 Å². The van der Waals surface area contributed by atoms with Crippen molar-refractivity contribution in [3.05, 3.63) is 117 Å². The Kier molecular flexibility index (Phi) is 6.91. The highest BCUT2D eigenvalue weighted by Crippen LogP contribution is 2.32. The lowest BCUT2D eigenvalue weighted by Crippen LogP contribution is -2.37. The molecule has 0 aliphatic heterocycles. The first-order valence-electron chi connectivity index (χ1n) is 12.8. The SMILES string of the molecule is Cc1ccc(C)c2[nH]c(=O)c(C(c3nnnn3C(C)(C)C)N(Cc3ccccc3)Cc3cccnc3)cc12. The van der Waals surface area contributed by atoms with Gasteiger partial charge in [-0.25, -0.2) is 4.68 Å². The molecule has 0 amide bonds. The summed E-state index contributed by atoms with van der Waals surface area (Å²) in [6.45, 7) is 11.4. The molecule has 5 aromatic rings. The fraction of sp³-hybridized carbons (Fsp3) is 0.300. The first-order chi connectivity index (χ1) is 18.2. The third-order valence-corrected chi connectivity index (χ3v) is 6.84. The van der Waals surface area contributed by atoms with E-state index in [0.717, 1.165) is 33.2 Å². The van der Waals surface area contributed by atoms with Gasteiger partial charge in [0.1, 0.15) is 6.04 Å². The average Bonchev–Trinajstić information content (AvgIpc) is 3.39. The minimum atomic E-state index is -0.516. The molecular weight excluding hydrogens is 474 g/mol. The topological polar surface area (TPSA) is 92.6 Å². The highest BCUT2D eigenvalue weighted by atomic mass is 16.1. The maximum atomic E-state index is 13.8. The highest BCUT2D eigenvalue weighted by Gasteiger charge is 2.33. The summed E-state index contributed by atoms with van der Waals surface area (Å²) in [7, 11) is 0. The fourth-order valence-electron chi connectivity index (χ4n) is 4.92. The van der Waals surface area contributed by atoms with Crippen LogP contribution in [0.15, 0.2) is 77.9 Å². The van der Waals surface area contributed by atoms with Crippen LogP contribution in [0.5, 0.6) is 0 Å². The molecule has 1 unspecified atom stereocenters. The van der Waals surface area contributed by atoms with E-state index in [4.69, 9.17) is 0 Å². The molecule has 0 saturated carbocycles. The minimum Gasteiger partial charge on any atom is -0.321 e. The Hall–Kier alpha value is -4.17. The van der Waals surface area contributed by atoms with Crippen LogP contribution in [-0.4, -0.2) is 35.1 Å². The minimum absolute atomic E-state index is 0.149. The normalized spacial score (nSPS) is 12.8. The number of pyridine rings is 2. The Bertz CT molecular complexity index is 1560. The zero-order valence-corrected chi connectivity index (χ0v) is 22.5. The van der Waals surface area contributed by atoms with E-state index in [9.17, 15) is 4.79 Å². The molecule has 3 heterocycles. The van der Waals surface area contributed by atoms with Crippen LogP contribution >= 0.6 is 0 Å². The van der Waals surface area contributed by atoms with Gasteiger partial charge in [0.05, 0.1) is 11.1 Å². The summed E-state index contributed by atoms with van der Waals surface area (Å²) < 4.78 is 1.83. The lowest BCUT2D eigenvalue weighted by atomic mass is 9.98. The molecule has 8 heteroatoms. The third-order valence-electron chi connectivity index (χ3n) is 6.84. The predicted octanol–water partition coefficient (Wildman–Crippen LogP) is 5.07. The van der Waals surface area contributed by atoms with Crippen LogP contribution in [0.2, 0.25) is 0 Å². The first-order valence-corrected chi connectivity index (χ1v) is 12.8. The van der Waals surface area contributed by atoms with Gasteiger partial charge < -0.3 is 4.98 Å². The van der Waals surface area contributed by atoms with E-state index in [1.54, 1.807) is 6.20 Å². The molecule has 5 rings (SSSR count). The van der Waals surface area contributed by atoms with Crippen LogP contribution < -0.4 is 5.56 Å². The number of benzene rings is 2. The van der Waals surface area contributed by atoms with Crippen LogP contribution in [-0.2, 0) is 18.6 Å². The number of aromatic nitrogens is 6. The van der Waals surface area contributed by atoms with E-state index in [2.05, 4.69) is 76.3 Å². The summed E-state index contributed by atoms with van der Waals surface area (Å²) in [5, 5.41) is 14.0. The Morgan fingerprint density at radius 1 is 0.947 bits per heavy atom. The fourth-order valence-corrected chi connectivity index (χ4v) is 4.92. The van der Waals surface area contributed by atoms with E-state index < -0.39 is 6.04 Å². The number of tetrazole rings is 1. The van der Waals surface area contributed by atoms with Crippen molar-refractivity contribution in [3.8, 4) is 0 Å². The smallest absolute Gasteiger partial charge is 0.253 e. The van der Waals surface area contributed by atoms with E-state index in [0.29, 0.717) is 24.5 Å². The second kappa shape index (κ2) is 10.3. The summed E-state index contributed by atoms with van der Waals surface area (Å²) in [4.78, 5) is 23.6. The number of aryl methyl sites for hydroxylation is 2. The predicted molar refractivity (Wildman–Crippen MR) is 149 cm³/mol. The highest BCUT2D eigenvalue weighted by molar-refractivity contribution is 5.85. The second-order valence-electron chi connectivity index (χ2n) is 10.8. The van der Waals surface area contributed by atoms with Gasteiger partial charge in [-0.05, 0) is 79.4 Å². The number of H-pyrrole nitrogens is 1. The zero-order valence-electron chi connectivity index (χ0n) is 22.5. The molecule has 38 heavy (non-hydrogen) atoms. The molecule has 194 valence electrons. The molecule has 3 aromatic heterocycles. The van der Waals surface area contributed by atoms with Gasteiger partial charge in [0, 0.05) is 36.4 Å². The van der Waals surface area contributed by atoms with Crippen molar-refractivity contribution in [2.24, 2.45) is 0 Å². The van der Waals surface area contributed by atoms with Gasteiger partial charge in [0.15, 0.2) is 5.82 Å². The zero-order chi connectivity index (χ0) is 26.9. The third kappa shape index (κ3) is 5.13. The van der Waals surface area contributed by atoms with Gasteiger partial charge in [-0.1, -0.05) is 48.5 Å². The van der Waals surface area contributed by atoms with Crippen LogP contribution in [0.25, 0.3) is 10.9 Å². The van der Waals surface area contributed by atoms with E-state index in [-0.39, 0.29) is 11.1 Å². The Balaban J connectivity index is 1.76. The first kappa shape index (κ1) is 25.5. The van der Waals surface area contributed by atoms with Crippen LogP contribution in [0.1, 0.15) is 60.5 Å². The lowest BCUT2D eigenvalue weighted by Gasteiger charge is -2.33. The molecule has 2 aromatic carbocycles. The van der Waals surface area contributed by atoms with Gasteiger partial charge >= 0.3 is 0 Å². The number of rotatable bonds is 7.